The van der Waals surface area contributed by atoms with Crippen molar-refractivity contribution < 1.29 is 17.9 Å². The fourth-order valence-electron chi connectivity index (χ4n) is 3.07. The Labute approximate surface area is 173 Å². The zero-order chi connectivity index (χ0) is 21.6. The molecule has 0 fully saturated rings. The molecule has 0 bridgehead atoms. The van der Waals surface area contributed by atoms with Crippen LogP contribution in [0.15, 0.2) is 47.4 Å². The molecule has 0 aliphatic rings. The van der Waals surface area contributed by atoms with Crippen LogP contribution in [0.2, 0.25) is 0 Å². The first kappa shape index (κ1) is 22.9. The van der Waals surface area contributed by atoms with Crippen LogP contribution in [0, 0.1) is 6.92 Å². The van der Waals surface area contributed by atoms with Crippen molar-refractivity contribution in [3.63, 3.8) is 0 Å². The number of aryl methyl sites for hydroxylation is 1. The molecule has 1 amide bonds. The van der Waals surface area contributed by atoms with Gasteiger partial charge < -0.3 is 10.1 Å². The standard InChI is InChI=1S/C22H30N2O4S/c1-6-7-17(3)23-22(25)18-10-13-21(28-5)19(14-18)15-24(4)29(26,27)20-11-8-16(2)9-12-20/h8-14,17H,6-7,15H2,1-5H3,(H,23,25)/t17-/m1/s1. The zero-order valence-electron chi connectivity index (χ0n) is 17.7. The van der Waals surface area contributed by atoms with E-state index in [0.717, 1.165) is 18.4 Å². The molecule has 2 rings (SSSR count). The Balaban J connectivity index is 2.26. The van der Waals surface area contributed by atoms with Gasteiger partial charge >= 0.3 is 0 Å². The molecule has 2 aromatic rings. The van der Waals surface area contributed by atoms with Crippen molar-refractivity contribution in [3.05, 3.63) is 59.2 Å². The fraction of sp³-hybridized carbons (Fsp3) is 0.409. The molecule has 0 saturated carbocycles. The third-order valence-corrected chi connectivity index (χ3v) is 6.58. The van der Waals surface area contributed by atoms with E-state index in [9.17, 15) is 13.2 Å². The monoisotopic (exact) mass is 418 g/mol. The number of amides is 1. The second-order valence-electron chi connectivity index (χ2n) is 7.26. The first-order valence-corrected chi connectivity index (χ1v) is 11.1. The lowest BCUT2D eigenvalue weighted by Crippen LogP contribution is -2.32. The lowest BCUT2D eigenvalue weighted by Gasteiger charge is -2.20. The average Bonchev–Trinajstić information content (AvgIpc) is 2.68. The minimum atomic E-state index is -3.66. The van der Waals surface area contributed by atoms with Crippen LogP contribution in [0.1, 0.15) is 48.2 Å². The van der Waals surface area contributed by atoms with E-state index in [1.165, 1.54) is 18.5 Å². The van der Waals surface area contributed by atoms with Gasteiger partial charge in [0.25, 0.3) is 5.91 Å². The highest BCUT2D eigenvalue weighted by molar-refractivity contribution is 7.89. The highest BCUT2D eigenvalue weighted by atomic mass is 32.2. The van der Waals surface area contributed by atoms with Crippen molar-refractivity contribution in [2.45, 2.75) is 51.1 Å². The quantitative estimate of drug-likeness (QED) is 0.673. The number of rotatable bonds is 9. The number of benzene rings is 2. The van der Waals surface area contributed by atoms with Gasteiger partial charge in [-0.15, -0.1) is 0 Å². The number of nitrogens with one attached hydrogen (secondary N) is 1. The van der Waals surface area contributed by atoms with Gasteiger partial charge in [0, 0.05) is 30.8 Å². The number of sulfonamides is 1. The van der Waals surface area contributed by atoms with Crippen LogP contribution in [-0.2, 0) is 16.6 Å². The van der Waals surface area contributed by atoms with Crippen molar-refractivity contribution in [2.75, 3.05) is 14.2 Å². The first-order valence-electron chi connectivity index (χ1n) is 9.69. The maximum absolute atomic E-state index is 12.9. The molecule has 0 unspecified atom stereocenters. The van der Waals surface area contributed by atoms with Gasteiger partial charge in [0.15, 0.2) is 0 Å². The molecule has 1 N–H and O–H groups in total. The predicted octanol–water partition coefficient (Wildman–Crippen LogP) is 3.74. The Hall–Kier alpha value is -2.38. The summed E-state index contributed by atoms with van der Waals surface area (Å²) < 4.78 is 32.4. The van der Waals surface area contributed by atoms with Crippen LogP contribution in [-0.4, -0.2) is 38.8 Å². The number of hydrogen-bond donors (Lipinski definition) is 1. The number of ether oxygens (including phenoxy) is 1. The molecule has 7 heteroatoms. The Morgan fingerprint density at radius 2 is 1.83 bits per heavy atom. The average molecular weight is 419 g/mol. The van der Waals surface area contributed by atoms with Crippen LogP contribution in [0.5, 0.6) is 5.75 Å². The summed E-state index contributed by atoms with van der Waals surface area (Å²) in [5, 5.41) is 2.96. The van der Waals surface area contributed by atoms with Crippen LogP contribution in [0.3, 0.4) is 0 Å². The van der Waals surface area contributed by atoms with Gasteiger partial charge in [-0.2, -0.15) is 4.31 Å². The molecule has 6 nitrogen and oxygen atoms in total. The molecule has 0 aliphatic heterocycles. The van der Waals surface area contributed by atoms with Crippen molar-refractivity contribution in [3.8, 4) is 5.75 Å². The molecule has 0 heterocycles. The molecule has 158 valence electrons. The van der Waals surface area contributed by atoms with E-state index in [4.69, 9.17) is 4.74 Å². The van der Waals surface area contributed by atoms with E-state index in [-0.39, 0.29) is 23.4 Å². The second kappa shape index (κ2) is 9.89. The molecular weight excluding hydrogens is 388 g/mol. The molecule has 1 atom stereocenters. The van der Waals surface area contributed by atoms with Crippen molar-refractivity contribution >= 4 is 15.9 Å². The van der Waals surface area contributed by atoms with Gasteiger partial charge in [0.2, 0.25) is 10.0 Å². The van der Waals surface area contributed by atoms with Crippen LogP contribution >= 0.6 is 0 Å². The molecule has 0 aliphatic carbocycles. The number of carbonyl (C=O) groups excluding carboxylic acids is 1. The number of methoxy groups -OCH3 is 1. The van der Waals surface area contributed by atoms with E-state index in [2.05, 4.69) is 12.2 Å². The molecule has 0 aromatic heterocycles. The molecular formula is C22H30N2O4S. The molecule has 29 heavy (non-hydrogen) atoms. The summed E-state index contributed by atoms with van der Waals surface area (Å²) in [6.45, 7) is 6.03. The second-order valence-corrected chi connectivity index (χ2v) is 9.31. The predicted molar refractivity (Wildman–Crippen MR) is 115 cm³/mol. The Bertz CT molecular complexity index is 940. The zero-order valence-corrected chi connectivity index (χ0v) is 18.5. The van der Waals surface area contributed by atoms with Gasteiger partial charge in [0.1, 0.15) is 5.75 Å². The number of hydrogen-bond acceptors (Lipinski definition) is 4. The Morgan fingerprint density at radius 3 is 2.41 bits per heavy atom. The van der Waals surface area contributed by atoms with Crippen LogP contribution < -0.4 is 10.1 Å². The summed E-state index contributed by atoms with van der Waals surface area (Å²) >= 11 is 0. The number of nitrogens with zero attached hydrogens (tertiary/aromatic N) is 1. The molecule has 0 spiro atoms. The maximum Gasteiger partial charge on any atom is 0.251 e. The summed E-state index contributed by atoms with van der Waals surface area (Å²) in [4.78, 5) is 12.8. The third kappa shape index (κ3) is 5.81. The Morgan fingerprint density at radius 1 is 1.17 bits per heavy atom. The van der Waals surface area contributed by atoms with E-state index in [1.54, 1.807) is 42.5 Å². The molecule has 0 saturated heterocycles. The van der Waals surface area contributed by atoms with E-state index >= 15 is 0 Å². The lowest BCUT2D eigenvalue weighted by molar-refractivity contribution is 0.0938. The SMILES string of the molecule is CCC[C@@H](C)NC(=O)c1ccc(OC)c(CN(C)S(=O)(=O)c2ccc(C)cc2)c1. The van der Waals surface area contributed by atoms with Gasteiger partial charge in [-0.25, -0.2) is 8.42 Å². The normalized spacial score (nSPS) is 12.6. The topological polar surface area (TPSA) is 75.7 Å². The fourth-order valence-corrected chi connectivity index (χ4v) is 4.22. The van der Waals surface area contributed by atoms with Crippen molar-refractivity contribution in [2.24, 2.45) is 0 Å². The van der Waals surface area contributed by atoms with Crippen LogP contribution in [0.4, 0.5) is 0 Å². The lowest BCUT2D eigenvalue weighted by atomic mass is 10.1. The highest BCUT2D eigenvalue weighted by Crippen LogP contribution is 2.24. The van der Waals surface area contributed by atoms with Crippen molar-refractivity contribution in [1.29, 1.82) is 0 Å². The van der Waals surface area contributed by atoms with Crippen molar-refractivity contribution in [1.82, 2.24) is 9.62 Å². The van der Waals surface area contributed by atoms with Gasteiger partial charge in [-0.05, 0) is 50.6 Å². The van der Waals surface area contributed by atoms with Gasteiger partial charge in [-0.1, -0.05) is 31.0 Å². The largest absolute Gasteiger partial charge is 0.496 e. The molecule has 2 aromatic carbocycles. The smallest absolute Gasteiger partial charge is 0.251 e. The Kier molecular flexibility index (Phi) is 7.81. The summed E-state index contributed by atoms with van der Waals surface area (Å²) in [7, 11) is -0.618. The summed E-state index contributed by atoms with van der Waals surface area (Å²) in [5.74, 6) is 0.355. The first-order chi connectivity index (χ1) is 13.7. The highest BCUT2D eigenvalue weighted by Gasteiger charge is 2.22. The van der Waals surface area contributed by atoms with Gasteiger partial charge in [-0.3, -0.25) is 4.79 Å². The summed E-state index contributed by atoms with van der Waals surface area (Å²) in [5.41, 5.74) is 2.09. The third-order valence-electron chi connectivity index (χ3n) is 4.76. The van der Waals surface area contributed by atoms with E-state index < -0.39 is 10.0 Å². The minimum Gasteiger partial charge on any atom is -0.496 e. The van der Waals surface area contributed by atoms with Gasteiger partial charge in [0.05, 0.1) is 12.0 Å². The molecule has 0 radical (unpaired) electrons. The number of carbonyl (C=O) groups is 1. The summed E-state index contributed by atoms with van der Waals surface area (Å²) in [6, 6.07) is 11.9. The summed E-state index contributed by atoms with van der Waals surface area (Å²) in [6.07, 6.45) is 1.88. The minimum absolute atomic E-state index is 0.0719. The van der Waals surface area contributed by atoms with E-state index in [0.29, 0.717) is 16.9 Å². The van der Waals surface area contributed by atoms with Crippen LogP contribution in [0.25, 0.3) is 0 Å². The maximum atomic E-state index is 12.9. The van der Waals surface area contributed by atoms with E-state index in [1.807, 2.05) is 13.8 Å².